The van der Waals surface area contributed by atoms with Crippen molar-refractivity contribution in [3.63, 3.8) is 0 Å². The highest BCUT2D eigenvalue weighted by atomic mass is 32.2. The Morgan fingerprint density at radius 3 is 2.19 bits per heavy atom. The third-order valence-corrected chi connectivity index (χ3v) is 8.22. The molecule has 1 aromatic heterocycles. The highest BCUT2D eigenvalue weighted by Gasteiger charge is 2.31. The van der Waals surface area contributed by atoms with Crippen LogP contribution in [-0.4, -0.2) is 61.4 Å². The van der Waals surface area contributed by atoms with Crippen molar-refractivity contribution < 1.29 is 22.7 Å². The molecule has 0 unspecified atom stereocenters. The zero-order valence-corrected chi connectivity index (χ0v) is 20.4. The Balaban J connectivity index is 1.51. The van der Waals surface area contributed by atoms with Crippen LogP contribution >= 0.6 is 11.3 Å². The summed E-state index contributed by atoms with van der Waals surface area (Å²) in [5.41, 5.74) is 0.814. The van der Waals surface area contributed by atoms with Gasteiger partial charge >= 0.3 is 6.09 Å². The van der Waals surface area contributed by atoms with Gasteiger partial charge in [-0.25, -0.2) is 13.2 Å². The second kappa shape index (κ2) is 9.60. The monoisotopic (exact) mass is 479 g/mol. The van der Waals surface area contributed by atoms with Gasteiger partial charge in [-0.05, 0) is 57.5 Å². The van der Waals surface area contributed by atoms with E-state index >= 15 is 0 Å². The molecule has 1 aliphatic heterocycles. The number of rotatable bonds is 5. The Morgan fingerprint density at radius 1 is 1.03 bits per heavy atom. The number of hydrogen-bond acceptors (Lipinski definition) is 6. The quantitative estimate of drug-likeness (QED) is 0.708. The summed E-state index contributed by atoms with van der Waals surface area (Å²) in [4.78, 5) is 27.2. The van der Waals surface area contributed by atoms with Gasteiger partial charge in [-0.15, -0.1) is 11.3 Å². The van der Waals surface area contributed by atoms with Crippen LogP contribution in [0.15, 0.2) is 40.6 Å². The molecule has 0 saturated carbocycles. The zero-order valence-electron chi connectivity index (χ0n) is 18.8. The number of anilines is 1. The second-order valence-electron chi connectivity index (χ2n) is 8.65. The van der Waals surface area contributed by atoms with Crippen molar-refractivity contribution in [3.05, 3.63) is 46.8 Å². The zero-order chi connectivity index (χ0) is 23.5. The summed E-state index contributed by atoms with van der Waals surface area (Å²) in [5, 5.41) is 2.66. The van der Waals surface area contributed by atoms with Crippen LogP contribution in [0, 0.1) is 6.92 Å². The Hall–Kier alpha value is -2.43. The van der Waals surface area contributed by atoms with Crippen LogP contribution in [0.2, 0.25) is 0 Å². The molecule has 2 heterocycles. The predicted molar refractivity (Wildman–Crippen MR) is 124 cm³/mol. The lowest BCUT2D eigenvalue weighted by molar-refractivity contribution is -0.131. The number of aryl methyl sites for hydroxylation is 1. The molecule has 2 amide bonds. The van der Waals surface area contributed by atoms with Crippen LogP contribution in [0.3, 0.4) is 0 Å². The van der Waals surface area contributed by atoms with E-state index in [1.807, 2.05) is 6.92 Å². The van der Waals surface area contributed by atoms with Crippen molar-refractivity contribution in [2.24, 2.45) is 0 Å². The van der Waals surface area contributed by atoms with E-state index in [-0.39, 0.29) is 25.4 Å². The number of carbonyl (C=O) groups excluding carboxylic acids is 2. The van der Waals surface area contributed by atoms with Gasteiger partial charge in [0.25, 0.3) is 10.0 Å². The van der Waals surface area contributed by atoms with Gasteiger partial charge in [-0.3, -0.25) is 10.1 Å². The van der Waals surface area contributed by atoms with Crippen LogP contribution in [0.4, 0.5) is 10.5 Å². The van der Waals surface area contributed by atoms with Crippen molar-refractivity contribution in [3.8, 4) is 0 Å². The van der Waals surface area contributed by atoms with Gasteiger partial charge in [0.05, 0.1) is 6.42 Å². The minimum absolute atomic E-state index is 0.0538. The number of piperazine rings is 1. The van der Waals surface area contributed by atoms with Gasteiger partial charge in [-0.1, -0.05) is 12.1 Å². The normalized spacial score (nSPS) is 15.4. The molecule has 3 rings (SSSR count). The molecule has 0 bridgehead atoms. The minimum Gasteiger partial charge on any atom is -0.444 e. The van der Waals surface area contributed by atoms with Crippen molar-refractivity contribution >= 4 is 39.0 Å². The molecule has 1 saturated heterocycles. The summed E-state index contributed by atoms with van der Waals surface area (Å²) in [5.74, 6) is -0.0538. The number of hydrogen-bond donors (Lipinski definition) is 1. The summed E-state index contributed by atoms with van der Waals surface area (Å²) in [6.07, 6.45) is -0.323. The molecular weight excluding hydrogens is 450 g/mol. The van der Waals surface area contributed by atoms with Crippen molar-refractivity contribution in [1.82, 2.24) is 9.21 Å². The molecule has 32 heavy (non-hydrogen) atoms. The number of nitrogens with one attached hydrogen (secondary N) is 1. The molecule has 10 heteroatoms. The molecule has 1 fully saturated rings. The number of amides is 2. The molecule has 0 atom stereocenters. The van der Waals surface area contributed by atoms with Crippen molar-refractivity contribution in [1.29, 1.82) is 0 Å². The lowest BCUT2D eigenvalue weighted by atomic mass is 10.1. The molecule has 1 aromatic carbocycles. The molecule has 1 aliphatic rings. The van der Waals surface area contributed by atoms with E-state index in [0.717, 1.165) is 10.4 Å². The van der Waals surface area contributed by atoms with E-state index in [1.165, 1.54) is 15.6 Å². The topological polar surface area (TPSA) is 96.0 Å². The summed E-state index contributed by atoms with van der Waals surface area (Å²) in [6, 6.07) is 10.4. The first kappa shape index (κ1) is 24.2. The summed E-state index contributed by atoms with van der Waals surface area (Å²) in [7, 11) is -3.51. The highest BCUT2D eigenvalue weighted by molar-refractivity contribution is 7.91. The number of carbonyl (C=O) groups is 2. The van der Waals surface area contributed by atoms with Crippen molar-refractivity contribution in [2.45, 2.75) is 43.9 Å². The van der Waals surface area contributed by atoms with Gasteiger partial charge in [0.15, 0.2) is 0 Å². The first-order chi connectivity index (χ1) is 14.9. The predicted octanol–water partition coefficient (Wildman–Crippen LogP) is 3.48. The summed E-state index contributed by atoms with van der Waals surface area (Å²) >= 11 is 1.26. The molecule has 8 nitrogen and oxygen atoms in total. The minimum atomic E-state index is -3.51. The fraction of sp³-hybridized carbons (Fsp3) is 0.455. The number of nitrogens with zero attached hydrogens (tertiary/aromatic N) is 2. The van der Waals surface area contributed by atoms with Crippen molar-refractivity contribution in [2.75, 3.05) is 31.5 Å². The first-order valence-electron chi connectivity index (χ1n) is 10.4. The number of ether oxygens (including phenoxy) is 1. The highest BCUT2D eigenvalue weighted by Crippen LogP contribution is 2.25. The molecule has 0 radical (unpaired) electrons. The average Bonchev–Trinajstić information content (AvgIpc) is 3.15. The lowest BCUT2D eigenvalue weighted by Gasteiger charge is -2.33. The molecule has 174 valence electrons. The maximum atomic E-state index is 12.7. The number of sulfonamides is 1. The summed E-state index contributed by atoms with van der Waals surface area (Å²) in [6.45, 7) is 8.54. The van der Waals surface area contributed by atoms with E-state index in [2.05, 4.69) is 5.32 Å². The van der Waals surface area contributed by atoms with Crippen LogP contribution in [0.5, 0.6) is 0 Å². The number of thiophene rings is 1. The van der Waals surface area contributed by atoms with E-state index < -0.39 is 21.7 Å². The Morgan fingerprint density at radius 2 is 1.66 bits per heavy atom. The van der Waals surface area contributed by atoms with Gasteiger partial charge in [0, 0.05) is 36.7 Å². The molecule has 2 aromatic rings. The van der Waals surface area contributed by atoms with Gasteiger partial charge in [0.1, 0.15) is 9.81 Å². The Bertz CT molecular complexity index is 1060. The van der Waals surface area contributed by atoms with E-state index in [9.17, 15) is 18.0 Å². The van der Waals surface area contributed by atoms with Gasteiger partial charge in [0.2, 0.25) is 5.91 Å². The smallest absolute Gasteiger partial charge is 0.412 e. The average molecular weight is 480 g/mol. The largest absolute Gasteiger partial charge is 0.444 e. The molecular formula is C22H29N3O5S2. The van der Waals surface area contributed by atoms with Crippen LogP contribution < -0.4 is 5.32 Å². The first-order valence-corrected chi connectivity index (χ1v) is 12.6. The summed E-state index contributed by atoms with van der Waals surface area (Å²) < 4.78 is 32.5. The molecule has 0 aliphatic carbocycles. The van der Waals surface area contributed by atoms with E-state index in [4.69, 9.17) is 4.74 Å². The Kier molecular flexibility index (Phi) is 7.26. The number of benzene rings is 1. The molecule has 0 spiro atoms. The standard InChI is InChI=1S/C22H29N3O5S2/c1-16-5-10-20(31-16)32(28,29)25-13-11-24(12-14-25)19(26)15-17-6-8-18(9-7-17)23-21(27)30-22(2,3)4/h5-10H,11-15H2,1-4H3,(H,23,27). The van der Waals surface area contributed by atoms with Crippen LogP contribution in [-0.2, 0) is 26.0 Å². The van der Waals surface area contributed by atoms with E-state index in [0.29, 0.717) is 23.0 Å². The second-order valence-corrected chi connectivity index (χ2v) is 12.1. The van der Waals surface area contributed by atoms with Gasteiger partial charge < -0.3 is 9.64 Å². The van der Waals surface area contributed by atoms with Gasteiger partial charge in [-0.2, -0.15) is 4.31 Å². The lowest BCUT2D eigenvalue weighted by Crippen LogP contribution is -2.50. The SMILES string of the molecule is Cc1ccc(S(=O)(=O)N2CCN(C(=O)Cc3ccc(NC(=O)OC(C)(C)C)cc3)CC2)s1. The molecule has 1 N–H and O–H groups in total. The van der Waals surface area contributed by atoms with Crippen LogP contribution in [0.25, 0.3) is 0 Å². The Labute approximate surface area is 193 Å². The van der Waals surface area contributed by atoms with Crippen LogP contribution in [0.1, 0.15) is 31.2 Å². The maximum absolute atomic E-state index is 12.7. The third kappa shape index (κ3) is 6.30. The maximum Gasteiger partial charge on any atom is 0.412 e. The third-order valence-electron chi connectivity index (χ3n) is 4.86. The fourth-order valence-electron chi connectivity index (χ4n) is 3.27. The van der Waals surface area contributed by atoms with E-state index in [1.54, 1.807) is 62.1 Å². The fourth-order valence-corrected chi connectivity index (χ4v) is 6.13.